The standard InChI is InChI=1S/C17H25N3O/c1-14(21)20-12-5-8-17(20)16-7-4-11-19(16)13-9-15-6-2-3-10-18-15/h2-3,6,10,16-17H,4-5,7-9,11-13H2,1H3/t16-,17+/m0/s1. The van der Waals surface area contributed by atoms with Gasteiger partial charge in [0.2, 0.25) is 5.91 Å². The number of carbonyl (C=O) groups is 1. The van der Waals surface area contributed by atoms with Gasteiger partial charge in [-0.25, -0.2) is 0 Å². The predicted octanol–water partition coefficient (Wildman–Crippen LogP) is 2.10. The van der Waals surface area contributed by atoms with Crippen LogP contribution in [0.3, 0.4) is 0 Å². The maximum absolute atomic E-state index is 11.8. The first-order valence-electron chi connectivity index (χ1n) is 8.17. The number of aromatic nitrogens is 1. The molecule has 2 atom stereocenters. The maximum atomic E-state index is 11.8. The van der Waals surface area contributed by atoms with Crippen molar-refractivity contribution in [3.8, 4) is 0 Å². The fourth-order valence-corrected chi connectivity index (χ4v) is 3.95. The second-order valence-electron chi connectivity index (χ2n) is 6.24. The number of amides is 1. The molecule has 21 heavy (non-hydrogen) atoms. The lowest BCUT2D eigenvalue weighted by molar-refractivity contribution is -0.130. The molecule has 1 amide bonds. The van der Waals surface area contributed by atoms with Gasteiger partial charge in [0.25, 0.3) is 0 Å². The Morgan fingerprint density at radius 1 is 1.24 bits per heavy atom. The van der Waals surface area contributed by atoms with Gasteiger partial charge in [-0.1, -0.05) is 6.07 Å². The number of rotatable bonds is 4. The Bertz CT molecular complexity index is 476. The summed E-state index contributed by atoms with van der Waals surface area (Å²) >= 11 is 0. The Balaban J connectivity index is 1.61. The highest BCUT2D eigenvalue weighted by atomic mass is 16.2. The highest BCUT2D eigenvalue weighted by molar-refractivity contribution is 5.74. The molecule has 114 valence electrons. The molecule has 0 spiro atoms. The largest absolute Gasteiger partial charge is 0.338 e. The Hall–Kier alpha value is -1.42. The van der Waals surface area contributed by atoms with E-state index in [0.717, 1.165) is 31.6 Å². The lowest BCUT2D eigenvalue weighted by atomic mass is 10.0. The molecule has 0 N–H and O–H groups in total. The first kappa shape index (κ1) is 14.5. The van der Waals surface area contributed by atoms with Gasteiger partial charge in [0.05, 0.1) is 0 Å². The van der Waals surface area contributed by atoms with Gasteiger partial charge in [0.1, 0.15) is 0 Å². The smallest absolute Gasteiger partial charge is 0.219 e. The van der Waals surface area contributed by atoms with Crippen LogP contribution in [0.2, 0.25) is 0 Å². The maximum Gasteiger partial charge on any atom is 0.219 e. The zero-order valence-corrected chi connectivity index (χ0v) is 12.9. The van der Waals surface area contributed by atoms with E-state index in [9.17, 15) is 4.79 Å². The van der Waals surface area contributed by atoms with Crippen molar-refractivity contribution < 1.29 is 4.79 Å². The van der Waals surface area contributed by atoms with E-state index in [0.29, 0.717) is 12.1 Å². The van der Waals surface area contributed by atoms with E-state index in [2.05, 4.69) is 26.9 Å². The van der Waals surface area contributed by atoms with E-state index < -0.39 is 0 Å². The van der Waals surface area contributed by atoms with Gasteiger partial charge < -0.3 is 4.90 Å². The van der Waals surface area contributed by atoms with Crippen LogP contribution in [0.25, 0.3) is 0 Å². The molecule has 0 bridgehead atoms. The first-order chi connectivity index (χ1) is 10.3. The lowest BCUT2D eigenvalue weighted by Crippen LogP contribution is -2.48. The monoisotopic (exact) mass is 287 g/mol. The van der Waals surface area contributed by atoms with E-state index in [1.54, 1.807) is 6.92 Å². The van der Waals surface area contributed by atoms with Gasteiger partial charge in [-0.3, -0.25) is 14.7 Å². The van der Waals surface area contributed by atoms with Gasteiger partial charge in [0.15, 0.2) is 0 Å². The van der Waals surface area contributed by atoms with Crippen molar-refractivity contribution in [1.29, 1.82) is 0 Å². The normalized spacial score (nSPS) is 26.4. The van der Waals surface area contributed by atoms with Crippen molar-refractivity contribution in [2.24, 2.45) is 0 Å². The van der Waals surface area contributed by atoms with Gasteiger partial charge in [0, 0.05) is 50.4 Å². The zero-order valence-electron chi connectivity index (χ0n) is 12.9. The molecule has 0 radical (unpaired) electrons. The molecule has 0 aliphatic carbocycles. The molecule has 3 rings (SSSR count). The van der Waals surface area contributed by atoms with Crippen LogP contribution in [0.4, 0.5) is 0 Å². The number of nitrogens with zero attached hydrogens (tertiary/aromatic N) is 3. The van der Waals surface area contributed by atoms with Crippen molar-refractivity contribution in [3.05, 3.63) is 30.1 Å². The Morgan fingerprint density at radius 2 is 2.05 bits per heavy atom. The summed E-state index contributed by atoms with van der Waals surface area (Å²) in [5.41, 5.74) is 1.16. The molecule has 1 aromatic rings. The minimum atomic E-state index is 0.245. The third-order valence-electron chi connectivity index (χ3n) is 4.94. The van der Waals surface area contributed by atoms with Crippen LogP contribution in [-0.2, 0) is 11.2 Å². The zero-order chi connectivity index (χ0) is 14.7. The highest BCUT2D eigenvalue weighted by Crippen LogP contribution is 2.30. The Kier molecular flexibility index (Phi) is 4.54. The summed E-state index contributed by atoms with van der Waals surface area (Å²) in [6, 6.07) is 7.11. The summed E-state index contributed by atoms with van der Waals surface area (Å²) in [7, 11) is 0. The molecular formula is C17H25N3O. The number of carbonyl (C=O) groups excluding carboxylic acids is 1. The summed E-state index contributed by atoms with van der Waals surface area (Å²) < 4.78 is 0. The van der Waals surface area contributed by atoms with Gasteiger partial charge in [-0.2, -0.15) is 0 Å². The number of hydrogen-bond donors (Lipinski definition) is 0. The van der Waals surface area contributed by atoms with Crippen LogP contribution >= 0.6 is 0 Å². The first-order valence-corrected chi connectivity index (χ1v) is 8.17. The van der Waals surface area contributed by atoms with Crippen LogP contribution in [0.15, 0.2) is 24.4 Å². The second kappa shape index (κ2) is 6.56. The van der Waals surface area contributed by atoms with E-state index in [-0.39, 0.29) is 5.91 Å². The molecule has 2 aliphatic heterocycles. The van der Waals surface area contributed by atoms with E-state index >= 15 is 0 Å². The van der Waals surface area contributed by atoms with E-state index in [1.165, 1.54) is 25.8 Å². The molecular weight excluding hydrogens is 262 g/mol. The Morgan fingerprint density at radius 3 is 2.81 bits per heavy atom. The van der Waals surface area contributed by atoms with Crippen molar-refractivity contribution in [2.45, 2.75) is 51.1 Å². The molecule has 0 aromatic carbocycles. The Labute approximate surface area is 127 Å². The summed E-state index contributed by atoms with van der Waals surface area (Å²) in [5, 5.41) is 0. The van der Waals surface area contributed by atoms with Crippen molar-refractivity contribution in [2.75, 3.05) is 19.6 Å². The van der Waals surface area contributed by atoms with Crippen LogP contribution in [0.1, 0.15) is 38.3 Å². The minimum Gasteiger partial charge on any atom is -0.338 e. The fraction of sp³-hybridized carbons (Fsp3) is 0.647. The van der Waals surface area contributed by atoms with E-state index in [4.69, 9.17) is 0 Å². The van der Waals surface area contributed by atoms with Gasteiger partial charge >= 0.3 is 0 Å². The SMILES string of the molecule is CC(=O)N1CCC[C@@H]1[C@@H]1CCCN1CCc1ccccn1. The molecule has 4 heteroatoms. The summed E-state index contributed by atoms with van der Waals surface area (Å²) in [6.07, 6.45) is 7.69. The topological polar surface area (TPSA) is 36.4 Å². The number of hydrogen-bond acceptors (Lipinski definition) is 3. The third kappa shape index (κ3) is 3.26. The summed E-state index contributed by atoms with van der Waals surface area (Å²) in [4.78, 5) is 20.9. The van der Waals surface area contributed by atoms with Crippen LogP contribution in [0.5, 0.6) is 0 Å². The molecule has 2 saturated heterocycles. The molecule has 2 fully saturated rings. The molecule has 1 aromatic heterocycles. The lowest BCUT2D eigenvalue weighted by Gasteiger charge is -2.34. The fourth-order valence-electron chi connectivity index (χ4n) is 3.95. The quantitative estimate of drug-likeness (QED) is 0.851. The van der Waals surface area contributed by atoms with Crippen LogP contribution < -0.4 is 0 Å². The van der Waals surface area contributed by atoms with Crippen molar-refractivity contribution in [3.63, 3.8) is 0 Å². The average molecular weight is 287 g/mol. The summed E-state index contributed by atoms with van der Waals surface area (Å²) in [5.74, 6) is 0.245. The summed E-state index contributed by atoms with van der Waals surface area (Å²) in [6.45, 7) is 4.89. The number of pyridine rings is 1. The van der Waals surface area contributed by atoms with E-state index in [1.807, 2.05) is 12.3 Å². The molecule has 4 nitrogen and oxygen atoms in total. The predicted molar refractivity (Wildman–Crippen MR) is 82.9 cm³/mol. The van der Waals surface area contributed by atoms with Crippen molar-refractivity contribution >= 4 is 5.91 Å². The molecule has 0 unspecified atom stereocenters. The average Bonchev–Trinajstić information content (AvgIpc) is 3.14. The van der Waals surface area contributed by atoms with Gasteiger partial charge in [-0.15, -0.1) is 0 Å². The third-order valence-corrected chi connectivity index (χ3v) is 4.94. The molecule has 3 heterocycles. The molecule has 2 aliphatic rings. The van der Waals surface area contributed by atoms with Gasteiger partial charge in [-0.05, 0) is 44.4 Å². The number of likely N-dealkylation sites (tertiary alicyclic amines) is 2. The second-order valence-corrected chi connectivity index (χ2v) is 6.24. The van der Waals surface area contributed by atoms with Crippen LogP contribution in [-0.4, -0.2) is 52.4 Å². The highest BCUT2D eigenvalue weighted by Gasteiger charge is 2.38. The van der Waals surface area contributed by atoms with Crippen molar-refractivity contribution in [1.82, 2.24) is 14.8 Å². The minimum absolute atomic E-state index is 0.245. The van der Waals surface area contributed by atoms with Crippen LogP contribution in [0, 0.1) is 0 Å². The molecule has 0 saturated carbocycles.